The highest BCUT2D eigenvalue weighted by Gasteiger charge is 2.10. The van der Waals surface area contributed by atoms with Crippen molar-refractivity contribution in [1.82, 2.24) is 0 Å². The minimum absolute atomic E-state index is 0.0582. The molecule has 3 rings (SSSR count). The predicted molar refractivity (Wildman–Crippen MR) is 82.0 cm³/mol. The van der Waals surface area contributed by atoms with E-state index in [0.717, 1.165) is 14.9 Å². The summed E-state index contributed by atoms with van der Waals surface area (Å²) in [6.45, 7) is 0. The van der Waals surface area contributed by atoms with Crippen LogP contribution in [0.5, 0.6) is 0 Å². The lowest BCUT2D eigenvalue weighted by molar-refractivity contribution is 0.878. The van der Waals surface area contributed by atoms with Crippen LogP contribution in [0, 0.1) is 0 Å². The number of nitrogens with two attached hydrogens (primary N) is 1. The van der Waals surface area contributed by atoms with Crippen molar-refractivity contribution in [3.05, 3.63) is 68.8 Å². The fourth-order valence-corrected chi connectivity index (χ4v) is 3.29. The summed E-state index contributed by atoms with van der Waals surface area (Å²) in [5, 5.41) is 4.59. The summed E-state index contributed by atoms with van der Waals surface area (Å²) in [6, 6.07) is 16.8. The molecule has 1 atom stereocenters. The van der Waals surface area contributed by atoms with Crippen molar-refractivity contribution in [3.63, 3.8) is 0 Å². The van der Waals surface area contributed by atoms with E-state index >= 15 is 0 Å². The van der Waals surface area contributed by atoms with Gasteiger partial charge in [0.1, 0.15) is 0 Å². The van der Waals surface area contributed by atoms with Crippen molar-refractivity contribution in [2.45, 2.75) is 6.04 Å². The summed E-state index contributed by atoms with van der Waals surface area (Å²) >= 11 is 5.14. The molecule has 0 bridgehead atoms. The van der Waals surface area contributed by atoms with E-state index in [4.69, 9.17) is 5.73 Å². The maximum Gasteiger partial charge on any atom is 0.0701 e. The number of rotatable bonds is 2. The first-order valence-electron chi connectivity index (χ1n) is 5.72. The summed E-state index contributed by atoms with van der Waals surface area (Å²) in [4.78, 5) is 0. The van der Waals surface area contributed by atoms with Crippen LogP contribution in [-0.2, 0) is 0 Å². The Morgan fingerprint density at radius 1 is 0.944 bits per heavy atom. The molecule has 0 aliphatic rings. The third-order valence-corrected chi connectivity index (χ3v) is 4.60. The van der Waals surface area contributed by atoms with Crippen LogP contribution in [-0.4, -0.2) is 0 Å². The number of hydrogen-bond acceptors (Lipinski definition) is 2. The van der Waals surface area contributed by atoms with Crippen LogP contribution in [0.25, 0.3) is 10.8 Å². The van der Waals surface area contributed by atoms with Crippen LogP contribution < -0.4 is 5.73 Å². The maximum absolute atomic E-state index is 6.31. The first kappa shape index (κ1) is 11.9. The van der Waals surface area contributed by atoms with Gasteiger partial charge in [-0.05, 0) is 55.3 Å². The lowest BCUT2D eigenvalue weighted by Gasteiger charge is -2.11. The zero-order valence-corrected chi connectivity index (χ0v) is 12.0. The van der Waals surface area contributed by atoms with Gasteiger partial charge >= 0.3 is 0 Å². The van der Waals surface area contributed by atoms with Gasteiger partial charge in [0.25, 0.3) is 0 Å². The molecule has 1 unspecified atom stereocenters. The Morgan fingerprint density at radius 2 is 1.72 bits per heavy atom. The Morgan fingerprint density at radius 3 is 2.44 bits per heavy atom. The van der Waals surface area contributed by atoms with E-state index in [1.807, 2.05) is 0 Å². The van der Waals surface area contributed by atoms with Gasteiger partial charge in [-0.3, -0.25) is 0 Å². The van der Waals surface area contributed by atoms with E-state index in [-0.39, 0.29) is 6.04 Å². The van der Waals surface area contributed by atoms with E-state index in [1.165, 1.54) is 10.8 Å². The van der Waals surface area contributed by atoms with Crippen molar-refractivity contribution < 1.29 is 0 Å². The van der Waals surface area contributed by atoms with Gasteiger partial charge in [0.2, 0.25) is 0 Å². The van der Waals surface area contributed by atoms with Gasteiger partial charge in [-0.1, -0.05) is 36.4 Å². The smallest absolute Gasteiger partial charge is 0.0701 e. The van der Waals surface area contributed by atoms with Crippen molar-refractivity contribution in [1.29, 1.82) is 0 Å². The van der Waals surface area contributed by atoms with Gasteiger partial charge in [0.05, 0.1) is 9.83 Å². The SMILES string of the molecule is NC(c1csc(Br)c1)c1ccc2ccccc2c1. The molecule has 1 heterocycles. The molecule has 0 aliphatic carbocycles. The van der Waals surface area contributed by atoms with Gasteiger partial charge in [-0.15, -0.1) is 11.3 Å². The molecule has 2 aromatic carbocycles. The minimum atomic E-state index is -0.0582. The number of thiophene rings is 1. The molecule has 2 N–H and O–H groups in total. The van der Waals surface area contributed by atoms with Gasteiger partial charge < -0.3 is 5.73 Å². The third kappa shape index (κ3) is 2.21. The number of benzene rings is 2. The third-order valence-electron chi connectivity index (χ3n) is 3.08. The first-order chi connectivity index (χ1) is 8.74. The molecule has 18 heavy (non-hydrogen) atoms. The summed E-state index contributed by atoms with van der Waals surface area (Å²) in [6.07, 6.45) is 0. The lowest BCUT2D eigenvalue weighted by atomic mass is 9.99. The Kier molecular flexibility index (Phi) is 3.20. The summed E-state index contributed by atoms with van der Waals surface area (Å²) < 4.78 is 1.12. The molecule has 0 aliphatic heterocycles. The van der Waals surface area contributed by atoms with Gasteiger partial charge in [0, 0.05) is 0 Å². The summed E-state index contributed by atoms with van der Waals surface area (Å²) in [7, 11) is 0. The normalized spacial score (nSPS) is 12.8. The van der Waals surface area contributed by atoms with E-state index < -0.39 is 0 Å². The highest BCUT2D eigenvalue weighted by Crippen LogP contribution is 2.29. The van der Waals surface area contributed by atoms with Crippen LogP contribution in [0.2, 0.25) is 0 Å². The summed E-state index contributed by atoms with van der Waals surface area (Å²) in [5.41, 5.74) is 8.61. The maximum atomic E-state index is 6.31. The average Bonchev–Trinajstić information content (AvgIpc) is 2.84. The zero-order chi connectivity index (χ0) is 12.5. The molecule has 1 aromatic heterocycles. The highest BCUT2D eigenvalue weighted by atomic mass is 79.9. The first-order valence-corrected chi connectivity index (χ1v) is 7.39. The second-order valence-electron chi connectivity index (χ2n) is 4.27. The zero-order valence-electron chi connectivity index (χ0n) is 9.64. The molecule has 3 aromatic rings. The molecule has 0 fully saturated rings. The van der Waals surface area contributed by atoms with Crippen LogP contribution >= 0.6 is 27.3 Å². The average molecular weight is 318 g/mol. The fourth-order valence-electron chi connectivity index (χ4n) is 2.08. The number of fused-ring (bicyclic) bond motifs is 1. The second-order valence-corrected chi connectivity index (χ2v) is 6.56. The van der Waals surface area contributed by atoms with Gasteiger partial charge in [-0.2, -0.15) is 0 Å². The lowest BCUT2D eigenvalue weighted by Crippen LogP contribution is -2.10. The van der Waals surface area contributed by atoms with Crippen LogP contribution in [0.3, 0.4) is 0 Å². The van der Waals surface area contributed by atoms with Gasteiger partial charge in [0.15, 0.2) is 0 Å². The number of halogens is 1. The Labute approximate surface area is 118 Å². The molecule has 3 heteroatoms. The molecular formula is C15H12BrNS. The Hall–Kier alpha value is -1.16. The summed E-state index contributed by atoms with van der Waals surface area (Å²) in [5.74, 6) is 0. The molecule has 1 nitrogen and oxygen atoms in total. The monoisotopic (exact) mass is 317 g/mol. The van der Waals surface area contributed by atoms with Crippen LogP contribution in [0.4, 0.5) is 0 Å². The Bertz CT molecular complexity index is 690. The van der Waals surface area contributed by atoms with Crippen LogP contribution in [0.15, 0.2) is 57.7 Å². The van der Waals surface area contributed by atoms with Crippen LogP contribution in [0.1, 0.15) is 17.2 Å². The predicted octanol–water partition coefficient (Wildman–Crippen LogP) is 4.71. The minimum Gasteiger partial charge on any atom is -0.320 e. The number of hydrogen-bond donors (Lipinski definition) is 1. The van der Waals surface area contributed by atoms with Crippen molar-refractivity contribution in [2.75, 3.05) is 0 Å². The molecule has 0 spiro atoms. The van der Waals surface area contributed by atoms with E-state index in [2.05, 4.69) is 69.8 Å². The van der Waals surface area contributed by atoms with Crippen molar-refractivity contribution in [3.8, 4) is 0 Å². The largest absolute Gasteiger partial charge is 0.320 e. The molecule has 0 radical (unpaired) electrons. The molecule has 0 saturated carbocycles. The van der Waals surface area contributed by atoms with E-state index in [9.17, 15) is 0 Å². The molecule has 90 valence electrons. The quantitative estimate of drug-likeness (QED) is 0.727. The molecule has 0 saturated heterocycles. The van der Waals surface area contributed by atoms with Crippen molar-refractivity contribution >= 4 is 38.0 Å². The van der Waals surface area contributed by atoms with E-state index in [1.54, 1.807) is 11.3 Å². The fraction of sp³-hybridized carbons (Fsp3) is 0.0667. The van der Waals surface area contributed by atoms with Crippen molar-refractivity contribution in [2.24, 2.45) is 5.73 Å². The Balaban J connectivity index is 2.03. The standard InChI is InChI=1S/C15H12BrNS/c16-14-8-13(9-18-14)15(17)12-6-5-10-3-1-2-4-11(10)7-12/h1-9,15H,17H2. The highest BCUT2D eigenvalue weighted by molar-refractivity contribution is 9.11. The van der Waals surface area contributed by atoms with Gasteiger partial charge in [-0.25, -0.2) is 0 Å². The second kappa shape index (κ2) is 4.84. The molecule has 0 amide bonds. The van der Waals surface area contributed by atoms with E-state index in [0.29, 0.717) is 0 Å². The topological polar surface area (TPSA) is 26.0 Å². The molecular weight excluding hydrogens is 306 g/mol.